The molecule has 0 unspecified atom stereocenters. The van der Waals surface area contributed by atoms with E-state index in [2.05, 4.69) is 10.9 Å². The van der Waals surface area contributed by atoms with Crippen molar-refractivity contribution in [3.63, 3.8) is 0 Å². The fraction of sp³-hybridized carbons (Fsp3) is 0.333. The molecular weight excluding hydrogens is 291 g/mol. The van der Waals surface area contributed by atoms with Crippen LogP contribution in [0.4, 0.5) is 13.2 Å². The highest BCUT2D eigenvalue weighted by Gasteiger charge is 2.27. The summed E-state index contributed by atoms with van der Waals surface area (Å²) in [6.07, 6.45) is -5.36. The number of hydrazine groups is 1. The van der Waals surface area contributed by atoms with E-state index in [1.54, 1.807) is 13.1 Å². The summed E-state index contributed by atoms with van der Waals surface area (Å²) in [5.41, 5.74) is 6.01. The van der Waals surface area contributed by atoms with Gasteiger partial charge in [0, 0.05) is 12.6 Å². The van der Waals surface area contributed by atoms with Crippen LogP contribution in [-0.2, 0) is 0 Å². The lowest BCUT2D eigenvalue weighted by Crippen LogP contribution is -2.33. The highest BCUT2D eigenvalue weighted by atomic mass is 32.1. The number of halogens is 3. The minimum absolute atomic E-state index is 0.104. The molecule has 0 bridgehead atoms. The van der Waals surface area contributed by atoms with E-state index in [0.29, 0.717) is 10.6 Å². The monoisotopic (exact) mass is 303 g/mol. The Morgan fingerprint density at radius 1 is 1.45 bits per heavy atom. The third-order valence-electron chi connectivity index (χ3n) is 2.24. The van der Waals surface area contributed by atoms with Crippen LogP contribution in [0.5, 0.6) is 5.75 Å². The number of nitrogens with zero attached hydrogens (tertiary/aromatic N) is 1. The number of alkyl halides is 3. The van der Waals surface area contributed by atoms with E-state index in [0.717, 1.165) is 0 Å². The first kappa shape index (κ1) is 16.2. The van der Waals surface area contributed by atoms with E-state index in [9.17, 15) is 13.2 Å². The summed E-state index contributed by atoms with van der Waals surface area (Å²) in [5.74, 6) is 0.104. The molecule has 0 aliphatic heterocycles. The van der Waals surface area contributed by atoms with Gasteiger partial charge in [-0.25, -0.2) is 5.43 Å². The van der Waals surface area contributed by atoms with Crippen LogP contribution in [0.2, 0.25) is 0 Å². The number of rotatable bonds is 5. The van der Waals surface area contributed by atoms with Gasteiger partial charge < -0.3 is 10.2 Å². The minimum atomic E-state index is -4.29. The van der Waals surface area contributed by atoms with Gasteiger partial charge in [0.1, 0.15) is 16.8 Å². The summed E-state index contributed by atoms with van der Waals surface area (Å²) in [6.45, 7) is -0.531. The van der Waals surface area contributed by atoms with Gasteiger partial charge in [-0.05, 0) is 18.2 Å². The Hall–Kier alpha value is -1.85. The first-order valence-electron chi connectivity index (χ1n) is 5.58. The van der Waals surface area contributed by atoms with Crippen molar-refractivity contribution in [2.45, 2.75) is 12.6 Å². The molecule has 0 radical (unpaired) electrons. The van der Waals surface area contributed by atoms with Crippen LogP contribution < -0.4 is 15.6 Å². The normalized spacial score (nSPS) is 10.8. The molecule has 0 saturated heterocycles. The Balaban J connectivity index is 2.79. The molecule has 0 atom stereocenters. The Morgan fingerprint density at radius 3 is 2.70 bits per heavy atom. The molecular formula is C12H12F3N3OS. The van der Waals surface area contributed by atoms with Crippen LogP contribution in [0.1, 0.15) is 17.5 Å². The predicted molar refractivity (Wildman–Crippen MR) is 71.2 cm³/mol. The highest BCUT2D eigenvalue weighted by Crippen LogP contribution is 2.23. The van der Waals surface area contributed by atoms with Gasteiger partial charge in [0.25, 0.3) is 0 Å². The van der Waals surface area contributed by atoms with E-state index in [1.165, 1.54) is 12.1 Å². The lowest BCUT2D eigenvalue weighted by molar-refractivity contribution is -0.139. The van der Waals surface area contributed by atoms with Crippen LogP contribution in [0.15, 0.2) is 18.2 Å². The van der Waals surface area contributed by atoms with Crippen LogP contribution in [0.3, 0.4) is 0 Å². The second kappa shape index (κ2) is 7.07. The first-order chi connectivity index (χ1) is 9.37. The number of benzene rings is 1. The summed E-state index contributed by atoms with van der Waals surface area (Å²) >= 11 is 5.03. The lowest BCUT2D eigenvalue weighted by atomic mass is 10.1. The van der Waals surface area contributed by atoms with E-state index in [4.69, 9.17) is 22.2 Å². The zero-order valence-electron chi connectivity index (χ0n) is 10.5. The largest absolute Gasteiger partial charge is 0.492 e. The van der Waals surface area contributed by atoms with Gasteiger partial charge in [0.05, 0.1) is 18.6 Å². The predicted octanol–water partition coefficient (Wildman–Crippen LogP) is 2.29. The summed E-state index contributed by atoms with van der Waals surface area (Å²) in [5, 5.41) is 8.98. The van der Waals surface area contributed by atoms with E-state index < -0.39 is 19.2 Å². The zero-order chi connectivity index (χ0) is 15.2. The molecule has 0 spiro atoms. The SMILES string of the molecule is CNNC(=S)c1ccc(OCCC(F)(F)F)c(C#N)c1. The molecule has 0 fully saturated rings. The minimum Gasteiger partial charge on any atom is -0.492 e. The maximum Gasteiger partial charge on any atom is 0.392 e. The molecule has 1 aromatic carbocycles. The van der Waals surface area contributed by atoms with Crippen molar-refractivity contribution in [2.75, 3.05) is 13.7 Å². The Bertz CT molecular complexity index is 526. The average Bonchev–Trinajstić information content (AvgIpc) is 2.37. The van der Waals surface area contributed by atoms with Gasteiger partial charge >= 0.3 is 6.18 Å². The zero-order valence-corrected chi connectivity index (χ0v) is 11.4. The van der Waals surface area contributed by atoms with E-state index in [1.807, 2.05) is 6.07 Å². The van der Waals surface area contributed by atoms with E-state index >= 15 is 0 Å². The fourth-order valence-electron chi connectivity index (χ4n) is 1.35. The van der Waals surface area contributed by atoms with E-state index in [-0.39, 0.29) is 11.3 Å². The Kier molecular flexibility index (Phi) is 5.73. The number of nitriles is 1. The molecule has 1 rings (SSSR count). The second-order valence-corrected chi connectivity index (χ2v) is 4.15. The lowest BCUT2D eigenvalue weighted by Gasteiger charge is -2.11. The molecule has 108 valence electrons. The third-order valence-corrected chi connectivity index (χ3v) is 2.58. The molecule has 0 amide bonds. The maximum absolute atomic E-state index is 12.0. The summed E-state index contributed by atoms with van der Waals surface area (Å²) in [7, 11) is 1.63. The highest BCUT2D eigenvalue weighted by molar-refractivity contribution is 7.80. The van der Waals surface area contributed by atoms with Crippen LogP contribution >= 0.6 is 12.2 Å². The number of hydrogen-bond donors (Lipinski definition) is 2. The molecule has 0 aliphatic carbocycles. The van der Waals surface area contributed by atoms with Gasteiger partial charge in [-0.2, -0.15) is 18.4 Å². The van der Waals surface area contributed by atoms with Crippen molar-refractivity contribution in [3.05, 3.63) is 29.3 Å². The van der Waals surface area contributed by atoms with Gasteiger partial charge in [0.2, 0.25) is 0 Å². The smallest absolute Gasteiger partial charge is 0.392 e. The number of nitrogens with one attached hydrogen (secondary N) is 2. The standard InChI is InChI=1S/C12H12F3N3OS/c1-17-18-11(20)8-2-3-10(9(6-8)7-16)19-5-4-12(13,14)15/h2-3,6,17H,4-5H2,1H3,(H,18,20). The summed E-state index contributed by atoms with van der Waals surface area (Å²) in [4.78, 5) is 0.367. The molecule has 1 aromatic rings. The fourth-order valence-corrected chi connectivity index (χ4v) is 1.58. The van der Waals surface area contributed by atoms with Crippen molar-refractivity contribution in [2.24, 2.45) is 0 Å². The van der Waals surface area contributed by atoms with Crippen molar-refractivity contribution in [1.82, 2.24) is 10.9 Å². The second-order valence-electron chi connectivity index (χ2n) is 3.74. The number of thiocarbonyl (C=S) groups is 1. The molecule has 0 heterocycles. The number of hydrogen-bond acceptors (Lipinski definition) is 4. The van der Waals surface area contributed by atoms with Crippen molar-refractivity contribution in [3.8, 4) is 11.8 Å². The third kappa shape index (κ3) is 5.03. The Labute approximate surface area is 119 Å². The maximum atomic E-state index is 12.0. The summed E-state index contributed by atoms with van der Waals surface area (Å²) in [6, 6.07) is 6.31. The van der Waals surface area contributed by atoms with Gasteiger partial charge in [-0.1, -0.05) is 12.2 Å². The quantitative estimate of drug-likeness (QED) is 0.645. The molecule has 0 aliphatic rings. The number of ether oxygens (including phenoxy) is 1. The Morgan fingerprint density at radius 2 is 2.15 bits per heavy atom. The van der Waals surface area contributed by atoms with Crippen LogP contribution in [0, 0.1) is 11.3 Å². The molecule has 2 N–H and O–H groups in total. The van der Waals surface area contributed by atoms with Crippen LogP contribution in [-0.4, -0.2) is 24.8 Å². The molecule has 20 heavy (non-hydrogen) atoms. The first-order valence-corrected chi connectivity index (χ1v) is 5.99. The van der Waals surface area contributed by atoms with Crippen molar-refractivity contribution in [1.29, 1.82) is 5.26 Å². The van der Waals surface area contributed by atoms with Gasteiger partial charge in [-0.3, -0.25) is 0 Å². The average molecular weight is 303 g/mol. The summed E-state index contributed by atoms with van der Waals surface area (Å²) < 4.78 is 41.0. The van der Waals surface area contributed by atoms with Crippen molar-refractivity contribution < 1.29 is 17.9 Å². The topological polar surface area (TPSA) is 57.1 Å². The molecule has 0 saturated carbocycles. The van der Waals surface area contributed by atoms with Gasteiger partial charge in [-0.15, -0.1) is 0 Å². The van der Waals surface area contributed by atoms with Crippen LogP contribution in [0.25, 0.3) is 0 Å². The van der Waals surface area contributed by atoms with Gasteiger partial charge in [0.15, 0.2) is 0 Å². The molecule has 8 heteroatoms. The molecule has 4 nitrogen and oxygen atoms in total. The molecule has 0 aromatic heterocycles. The van der Waals surface area contributed by atoms with Crippen molar-refractivity contribution >= 4 is 17.2 Å².